The van der Waals surface area contributed by atoms with Gasteiger partial charge in [-0.2, -0.15) is 0 Å². The standard InChI is InChI=1S/C59H102O6/c1-4-7-10-13-16-19-21-23-25-26-27-28-29-30-31-32-33-34-35-37-38-40-43-46-49-52-58(61)64-55-56(54-63-57(60)51-48-45-42-18-15-12-9-6-3)65-59(62)53-50-47-44-41-39-36-24-22-20-17-14-11-8-5-2/h7,10,16,19,23,25,27-28,30-31,33-34,56H,4-6,8-9,11-15,17-18,20-22,24,26,29,32,35-55H2,1-3H3/b10-7-,19-16-,25-23-,28-27-,31-30-,34-33-. The molecule has 0 aromatic carbocycles. The summed E-state index contributed by atoms with van der Waals surface area (Å²) < 4.78 is 16.8. The number of unbranched alkanes of at least 4 members (excludes halogenated alkanes) is 26. The minimum atomic E-state index is -0.776. The molecule has 0 aromatic rings. The first kappa shape index (κ1) is 61.9. The summed E-state index contributed by atoms with van der Waals surface area (Å²) in [7, 11) is 0. The Labute approximate surface area is 402 Å². The molecule has 0 saturated carbocycles. The Kier molecular flexibility index (Phi) is 50.9. The number of allylic oxidation sites excluding steroid dienone is 12. The van der Waals surface area contributed by atoms with Crippen molar-refractivity contribution in [2.24, 2.45) is 0 Å². The first-order chi connectivity index (χ1) is 32.0. The highest BCUT2D eigenvalue weighted by Gasteiger charge is 2.19. The maximum Gasteiger partial charge on any atom is 0.306 e. The Morgan fingerprint density at radius 1 is 0.323 bits per heavy atom. The van der Waals surface area contributed by atoms with Crippen molar-refractivity contribution in [2.45, 2.75) is 271 Å². The lowest BCUT2D eigenvalue weighted by Crippen LogP contribution is -2.30. The Balaban J connectivity index is 4.25. The number of carbonyl (C=O) groups excluding carboxylic acids is 3. The minimum absolute atomic E-state index is 0.0772. The molecule has 0 aliphatic heterocycles. The second kappa shape index (κ2) is 53.5. The molecule has 0 spiro atoms. The predicted molar refractivity (Wildman–Crippen MR) is 279 cm³/mol. The van der Waals surface area contributed by atoms with Crippen LogP contribution in [0.15, 0.2) is 72.9 Å². The molecular weight excluding hydrogens is 805 g/mol. The summed E-state index contributed by atoms with van der Waals surface area (Å²) in [5, 5.41) is 0. The summed E-state index contributed by atoms with van der Waals surface area (Å²) in [5.41, 5.74) is 0. The maximum absolute atomic E-state index is 12.8. The molecule has 65 heavy (non-hydrogen) atoms. The first-order valence-corrected chi connectivity index (χ1v) is 27.4. The van der Waals surface area contributed by atoms with E-state index in [0.29, 0.717) is 19.3 Å². The van der Waals surface area contributed by atoms with Crippen LogP contribution in [-0.2, 0) is 28.6 Å². The second-order valence-electron chi connectivity index (χ2n) is 18.1. The summed E-state index contributed by atoms with van der Waals surface area (Å²) in [4.78, 5) is 37.9. The van der Waals surface area contributed by atoms with Crippen molar-refractivity contribution < 1.29 is 28.6 Å². The van der Waals surface area contributed by atoms with Crippen LogP contribution in [0.5, 0.6) is 0 Å². The highest BCUT2D eigenvalue weighted by atomic mass is 16.6. The van der Waals surface area contributed by atoms with Crippen LogP contribution < -0.4 is 0 Å². The average Bonchev–Trinajstić information content (AvgIpc) is 3.30. The number of esters is 3. The number of hydrogen-bond acceptors (Lipinski definition) is 6. The number of ether oxygens (including phenoxy) is 3. The zero-order valence-corrected chi connectivity index (χ0v) is 42.7. The maximum atomic E-state index is 12.8. The van der Waals surface area contributed by atoms with Gasteiger partial charge in [0.05, 0.1) is 0 Å². The zero-order chi connectivity index (χ0) is 47.2. The fourth-order valence-electron chi connectivity index (χ4n) is 7.62. The molecule has 0 N–H and O–H groups in total. The van der Waals surface area contributed by atoms with Gasteiger partial charge >= 0.3 is 17.9 Å². The van der Waals surface area contributed by atoms with E-state index in [0.717, 1.165) is 103 Å². The highest BCUT2D eigenvalue weighted by Crippen LogP contribution is 2.15. The fourth-order valence-corrected chi connectivity index (χ4v) is 7.62. The van der Waals surface area contributed by atoms with E-state index in [1.807, 2.05) is 0 Å². The van der Waals surface area contributed by atoms with Gasteiger partial charge in [0.1, 0.15) is 13.2 Å². The van der Waals surface area contributed by atoms with Gasteiger partial charge in [-0.15, -0.1) is 0 Å². The topological polar surface area (TPSA) is 78.9 Å². The summed E-state index contributed by atoms with van der Waals surface area (Å²) >= 11 is 0. The molecule has 0 radical (unpaired) electrons. The molecule has 0 aliphatic rings. The van der Waals surface area contributed by atoms with E-state index in [4.69, 9.17) is 14.2 Å². The lowest BCUT2D eigenvalue weighted by Gasteiger charge is -2.18. The summed E-state index contributed by atoms with van der Waals surface area (Å²) in [5.74, 6) is -0.890. The van der Waals surface area contributed by atoms with Crippen molar-refractivity contribution in [1.82, 2.24) is 0 Å². The highest BCUT2D eigenvalue weighted by molar-refractivity contribution is 5.71. The molecule has 0 heterocycles. The van der Waals surface area contributed by atoms with Gasteiger partial charge in [0.2, 0.25) is 0 Å². The number of hydrogen-bond donors (Lipinski definition) is 0. The van der Waals surface area contributed by atoms with E-state index < -0.39 is 6.10 Å². The molecule has 0 fully saturated rings. The molecule has 6 nitrogen and oxygen atoms in total. The van der Waals surface area contributed by atoms with Crippen LogP contribution in [0.25, 0.3) is 0 Å². The molecule has 1 atom stereocenters. The summed E-state index contributed by atoms with van der Waals surface area (Å²) in [6, 6.07) is 0. The molecular formula is C59H102O6. The van der Waals surface area contributed by atoms with E-state index in [1.165, 1.54) is 122 Å². The van der Waals surface area contributed by atoms with Crippen LogP contribution in [0.3, 0.4) is 0 Å². The van der Waals surface area contributed by atoms with Crippen LogP contribution in [0.4, 0.5) is 0 Å². The normalized spacial score (nSPS) is 12.6. The van der Waals surface area contributed by atoms with Gasteiger partial charge < -0.3 is 14.2 Å². The van der Waals surface area contributed by atoms with Crippen LogP contribution >= 0.6 is 0 Å². The van der Waals surface area contributed by atoms with Crippen molar-refractivity contribution >= 4 is 17.9 Å². The van der Waals surface area contributed by atoms with Crippen LogP contribution in [0.1, 0.15) is 265 Å². The Morgan fingerprint density at radius 2 is 0.600 bits per heavy atom. The third-order valence-corrected chi connectivity index (χ3v) is 11.7. The van der Waals surface area contributed by atoms with Gasteiger partial charge in [0.25, 0.3) is 0 Å². The van der Waals surface area contributed by atoms with Crippen LogP contribution in [0.2, 0.25) is 0 Å². The van der Waals surface area contributed by atoms with Crippen molar-refractivity contribution in [1.29, 1.82) is 0 Å². The van der Waals surface area contributed by atoms with Gasteiger partial charge in [-0.1, -0.05) is 248 Å². The van der Waals surface area contributed by atoms with Gasteiger partial charge in [0.15, 0.2) is 6.10 Å². The van der Waals surface area contributed by atoms with E-state index in [9.17, 15) is 14.4 Å². The van der Waals surface area contributed by atoms with Gasteiger partial charge in [-0.05, 0) is 70.6 Å². The van der Waals surface area contributed by atoms with Crippen LogP contribution in [0, 0.1) is 0 Å². The first-order valence-electron chi connectivity index (χ1n) is 27.4. The van der Waals surface area contributed by atoms with Gasteiger partial charge in [-0.3, -0.25) is 14.4 Å². The molecule has 0 aliphatic carbocycles. The summed E-state index contributed by atoms with van der Waals surface area (Å²) in [6.07, 6.45) is 67.6. The smallest absolute Gasteiger partial charge is 0.306 e. The lowest BCUT2D eigenvalue weighted by atomic mass is 10.0. The number of rotatable bonds is 49. The van der Waals surface area contributed by atoms with Gasteiger partial charge in [0, 0.05) is 19.3 Å². The fraction of sp³-hybridized carbons (Fsp3) is 0.746. The molecule has 0 amide bonds. The van der Waals surface area contributed by atoms with Crippen molar-refractivity contribution in [2.75, 3.05) is 13.2 Å². The van der Waals surface area contributed by atoms with Crippen molar-refractivity contribution in [3.8, 4) is 0 Å². The largest absolute Gasteiger partial charge is 0.462 e. The molecule has 0 saturated heterocycles. The van der Waals surface area contributed by atoms with E-state index in [-0.39, 0.29) is 31.1 Å². The van der Waals surface area contributed by atoms with E-state index >= 15 is 0 Å². The third-order valence-electron chi connectivity index (χ3n) is 11.7. The zero-order valence-electron chi connectivity index (χ0n) is 42.7. The molecule has 6 heteroatoms. The Hall–Kier alpha value is -3.15. The minimum Gasteiger partial charge on any atom is -0.462 e. The van der Waals surface area contributed by atoms with Gasteiger partial charge in [-0.25, -0.2) is 0 Å². The Morgan fingerprint density at radius 3 is 0.938 bits per heavy atom. The second-order valence-corrected chi connectivity index (χ2v) is 18.1. The molecule has 0 aromatic heterocycles. The molecule has 1 unspecified atom stereocenters. The molecule has 0 bridgehead atoms. The van der Waals surface area contributed by atoms with E-state index in [2.05, 4.69) is 93.7 Å². The van der Waals surface area contributed by atoms with Crippen molar-refractivity contribution in [3.05, 3.63) is 72.9 Å². The predicted octanol–water partition coefficient (Wildman–Crippen LogP) is 18.2. The lowest BCUT2D eigenvalue weighted by molar-refractivity contribution is -0.167. The molecule has 0 rings (SSSR count). The monoisotopic (exact) mass is 907 g/mol. The Bertz CT molecular complexity index is 1230. The molecule has 374 valence electrons. The van der Waals surface area contributed by atoms with Crippen LogP contribution in [-0.4, -0.2) is 37.2 Å². The summed E-state index contributed by atoms with van der Waals surface area (Å²) in [6.45, 7) is 6.49. The van der Waals surface area contributed by atoms with Crippen molar-refractivity contribution in [3.63, 3.8) is 0 Å². The van der Waals surface area contributed by atoms with E-state index in [1.54, 1.807) is 0 Å². The third kappa shape index (κ3) is 51.7. The number of carbonyl (C=O) groups is 3. The quantitative estimate of drug-likeness (QED) is 0.0262. The average molecular weight is 907 g/mol. The SMILES string of the molecule is CC/C=C\C/C=C\C/C=C\C/C=C\C/C=C\C/C=C\CCCCCCCCC(=O)OCC(COC(=O)CCCCCCCCCC)OC(=O)CCCCCCCCCCCCCCCC.